The number of nitrogens with zero attached hydrogens (tertiary/aromatic N) is 3. The van der Waals surface area contributed by atoms with Crippen molar-refractivity contribution in [3.63, 3.8) is 0 Å². The molecule has 12 heteroatoms. The van der Waals surface area contributed by atoms with Gasteiger partial charge in [-0.15, -0.1) is 0 Å². The first-order valence-electron chi connectivity index (χ1n) is 12.3. The molecule has 0 spiro atoms. The van der Waals surface area contributed by atoms with Gasteiger partial charge in [0.1, 0.15) is 18.3 Å². The summed E-state index contributed by atoms with van der Waals surface area (Å²) in [6.45, 7) is 6.57. The van der Waals surface area contributed by atoms with E-state index in [4.69, 9.17) is 4.74 Å². The van der Waals surface area contributed by atoms with Crippen molar-refractivity contribution in [2.45, 2.75) is 59.2 Å². The van der Waals surface area contributed by atoms with Crippen LogP contribution < -0.4 is 14.4 Å². The van der Waals surface area contributed by atoms with Crippen LogP contribution in [-0.4, -0.2) is 62.0 Å². The number of methoxy groups -OCH3 is 1. The fourth-order valence-electron chi connectivity index (χ4n) is 3.86. The number of carbonyl (C=O) groups is 2. The van der Waals surface area contributed by atoms with Gasteiger partial charge in [-0.3, -0.25) is 24.0 Å². The summed E-state index contributed by atoms with van der Waals surface area (Å²) in [6.07, 6.45) is 1.92. The number of amides is 2. The maximum absolute atomic E-state index is 13.8. The first-order chi connectivity index (χ1) is 17.8. The largest absolute Gasteiger partial charge is 0.497 e. The van der Waals surface area contributed by atoms with Crippen LogP contribution in [0.3, 0.4) is 0 Å². The van der Waals surface area contributed by atoms with Crippen molar-refractivity contribution in [2.75, 3.05) is 24.2 Å². The van der Waals surface area contributed by atoms with Crippen molar-refractivity contribution in [3.8, 4) is 5.75 Å². The highest BCUT2D eigenvalue weighted by Crippen LogP contribution is 2.28. The molecule has 0 aliphatic rings. The lowest BCUT2D eigenvalue weighted by molar-refractivity contribution is -0.384. The highest BCUT2D eigenvalue weighted by atomic mass is 32.2. The number of hydrogen-bond donors (Lipinski definition) is 1. The van der Waals surface area contributed by atoms with Gasteiger partial charge in [0.05, 0.1) is 24.0 Å². The van der Waals surface area contributed by atoms with Crippen molar-refractivity contribution in [3.05, 3.63) is 63.7 Å². The normalized spacial score (nSPS) is 12.8. The van der Waals surface area contributed by atoms with E-state index in [2.05, 4.69) is 5.32 Å². The Morgan fingerprint density at radius 2 is 1.74 bits per heavy atom. The molecule has 0 aromatic heterocycles. The molecule has 208 valence electrons. The van der Waals surface area contributed by atoms with Gasteiger partial charge in [0.25, 0.3) is 5.69 Å². The number of aryl methyl sites for hydroxylation is 1. The third-order valence-electron chi connectivity index (χ3n) is 6.25. The Bertz CT molecular complexity index is 1250. The molecule has 2 atom stereocenters. The van der Waals surface area contributed by atoms with Gasteiger partial charge in [0.2, 0.25) is 21.8 Å². The number of nitro groups is 1. The van der Waals surface area contributed by atoms with Crippen molar-refractivity contribution in [1.82, 2.24) is 10.2 Å². The first-order valence-corrected chi connectivity index (χ1v) is 14.1. The SMILES string of the molecule is CC[C@@H](C)NC(=O)[C@H](CC)N(Cc1ccc(OC)cc1)C(=O)CN(c1cc([N+](=O)[O-])ccc1C)S(C)(=O)=O. The zero-order chi connectivity index (χ0) is 28.6. The fraction of sp³-hybridized carbons (Fsp3) is 0.462. The molecular weight excluding hydrogens is 512 g/mol. The van der Waals surface area contributed by atoms with Crippen molar-refractivity contribution in [1.29, 1.82) is 0 Å². The van der Waals surface area contributed by atoms with E-state index in [9.17, 15) is 28.1 Å². The van der Waals surface area contributed by atoms with E-state index >= 15 is 0 Å². The van der Waals surface area contributed by atoms with Gasteiger partial charge in [-0.25, -0.2) is 8.42 Å². The maximum Gasteiger partial charge on any atom is 0.271 e. The number of nitrogens with one attached hydrogen (secondary N) is 1. The molecule has 1 N–H and O–H groups in total. The van der Waals surface area contributed by atoms with Crippen LogP contribution in [0.1, 0.15) is 44.7 Å². The quantitative estimate of drug-likeness (QED) is 0.299. The number of carbonyl (C=O) groups excluding carboxylic acids is 2. The molecule has 0 aliphatic heterocycles. The molecule has 0 aliphatic carbocycles. The fourth-order valence-corrected chi connectivity index (χ4v) is 4.76. The highest BCUT2D eigenvalue weighted by molar-refractivity contribution is 7.92. The Hall–Kier alpha value is -3.67. The minimum Gasteiger partial charge on any atom is -0.497 e. The van der Waals surface area contributed by atoms with E-state index in [1.54, 1.807) is 38.1 Å². The van der Waals surface area contributed by atoms with Crippen LogP contribution in [0.4, 0.5) is 11.4 Å². The van der Waals surface area contributed by atoms with Crippen LogP contribution in [0, 0.1) is 17.0 Å². The smallest absolute Gasteiger partial charge is 0.271 e. The number of rotatable bonds is 13. The number of ether oxygens (including phenoxy) is 1. The number of nitro benzene ring substituents is 1. The third kappa shape index (κ3) is 7.91. The zero-order valence-electron chi connectivity index (χ0n) is 22.6. The standard InChI is InChI=1S/C26H36N4O7S/c1-7-19(4)27-26(32)23(8-2)28(16-20-10-13-22(37-5)14-11-20)25(31)17-29(38(6,35)36)24-15-21(30(33)34)12-9-18(24)3/h9-15,19,23H,7-8,16-17H2,1-6H3,(H,27,32)/t19-,23+/m1/s1. The maximum atomic E-state index is 13.8. The average Bonchev–Trinajstić information content (AvgIpc) is 2.86. The lowest BCUT2D eigenvalue weighted by Crippen LogP contribution is -2.53. The summed E-state index contributed by atoms with van der Waals surface area (Å²) in [6, 6.07) is 9.82. The number of benzene rings is 2. The van der Waals surface area contributed by atoms with Gasteiger partial charge in [-0.1, -0.05) is 32.0 Å². The molecule has 0 bridgehead atoms. The topological polar surface area (TPSA) is 139 Å². The predicted octanol–water partition coefficient (Wildman–Crippen LogP) is 3.40. The molecule has 0 unspecified atom stereocenters. The molecule has 2 amide bonds. The second-order valence-corrected chi connectivity index (χ2v) is 11.0. The molecular formula is C26H36N4O7S. The van der Waals surface area contributed by atoms with Gasteiger partial charge in [-0.05, 0) is 49.9 Å². The Morgan fingerprint density at radius 3 is 2.24 bits per heavy atom. The lowest BCUT2D eigenvalue weighted by Gasteiger charge is -2.33. The van der Waals surface area contributed by atoms with Crippen LogP contribution in [-0.2, 0) is 26.2 Å². The second-order valence-electron chi connectivity index (χ2n) is 9.11. The minimum absolute atomic E-state index is 0.0246. The van der Waals surface area contributed by atoms with Gasteiger partial charge in [-0.2, -0.15) is 0 Å². The average molecular weight is 549 g/mol. The van der Waals surface area contributed by atoms with Crippen LogP contribution in [0.15, 0.2) is 42.5 Å². The highest BCUT2D eigenvalue weighted by Gasteiger charge is 2.33. The monoisotopic (exact) mass is 548 g/mol. The van der Waals surface area contributed by atoms with E-state index in [1.165, 1.54) is 24.1 Å². The molecule has 11 nitrogen and oxygen atoms in total. The van der Waals surface area contributed by atoms with Gasteiger partial charge < -0.3 is 15.0 Å². The molecule has 2 aromatic carbocycles. The molecule has 0 radical (unpaired) electrons. The zero-order valence-corrected chi connectivity index (χ0v) is 23.4. The van der Waals surface area contributed by atoms with Crippen molar-refractivity contribution in [2.24, 2.45) is 0 Å². The number of anilines is 1. The van der Waals surface area contributed by atoms with Crippen LogP contribution in [0.2, 0.25) is 0 Å². The summed E-state index contributed by atoms with van der Waals surface area (Å²) >= 11 is 0. The van der Waals surface area contributed by atoms with Crippen LogP contribution in [0.5, 0.6) is 5.75 Å². The summed E-state index contributed by atoms with van der Waals surface area (Å²) in [4.78, 5) is 39.0. The molecule has 38 heavy (non-hydrogen) atoms. The third-order valence-corrected chi connectivity index (χ3v) is 7.38. The minimum atomic E-state index is -4.02. The number of non-ortho nitro benzene ring substituents is 1. The predicted molar refractivity (Wildman–Crippen MR) is 146 cm³/mol. The van der Waals surface area contributed by atoms with Crippen LogP contribution in [0.25, 0.3) is 0 Å². The Balaban J connectivity index is 2.52. The summed E-state index contributed by atoms with van der Waals surface area (Å²) in [5.74, 6) is -0.345. The molecule has 0 saturated carbocycles. The molecule has 0 saturated heterocycles. The molecule has 2 aromatic rings. The number of hydrogen-bond acceptors (Lipinski definition) is 7. The second kappa shape index (κ2) is 13.2. The Morgan fingerprint density at radius 1 is 1.11 bits per heavy atom. The lowest BCUT2D eigenvalue weighted by atomic mass is 10.1. The summed E-state index contributed by atoms with van der Waals surface area (Å²) in [7, 11) is -2.49. The van der Waals surface area contributed by atoms with E-state index in [-0.39, 0.29) is 29.9 Å². The summed E-state index contributed by atoms with van der Waals surface area (Å²) < 4.78 is 31.6. The van der Waals surface area contributed by atoms with Crippen LogP contribution >= 0.6 is 0 Å². The van der Waals surface area contributed by atoms with Gasteiger partial charge in [0, 0.05) is 24.7 Å². The summed E-state index contributed by atoms with van der Waals surface area (Å²) in [5, 5.41) is 14.2. The molecule has 2 rings (SSSR count). The van der Waals surface area contributed by atoms with Gasteiger partial charge in [0.15, 0.2) is 0 Å². The van der Waals surface area contributed by atoms with E-state index in [1.807, 2.05) is 13.8 Å². The number of sulfonamides is 1. The molecule has 0 fully saturated rings. The molecule has 0 heterocycles. The van der Waals surface area contributed by atoms with E-state index in [0.29, 0.717) is 29.7 Å². The Labute approximate surface area is 224 Å². The van der Waals surface area contributed by atoms with Crippen molar-refractivity contribution >= 4 is 33.2 Å². The summed E-state index contributed by atoms with van der Waals surface area (Å²) in [5.41, 5.74) is 0.876. The Kier molecular flexibility index (Phi) is 10.6. The van der Waals surface area contributed by atoms with E-state index in [0.717, 1.165) is 16.6 Å². The van der Waals surface area contributed by atoms with E-state index < -0.39 is 33.4 Å². The van der Waals surface area contributed by atoms with Crippen molar-refractivity contribution < 1.29 is 27.7 Å². The van der Waals surface area contributed by atoms with Gasteiger partial charge >= 0.3 is 0 Å². The first kappa shape index (κ1) is 30.6.